The molecular weight excluding hydrogens is 238 g/mol. The Morgan fingerprint density at radius 3 is 3.00 bits per heavy atom. The summed E-state index contributed by atoms with van der Waals surface area (Å²) in [6, 6.07) is 2.62. The first kappa shape index (κ1) is 13.1. The molecule has 4 heteroatoms. The molecule has 106 valence electrons. The van der Waals surface area contributed by atoms with Crippen molar-refractivity contribution in [2.24, 2.45) is 11.8 Å². The second-order valence-electron chi connectivity index (χ2n) is 6.31. The van der Waals surface area contributed by atoms with Gasteiger partial charge < -0.3 is 5.11 Å². The number of hydrogen-bond donors (Lipinski definition) is 1. The SMILES string of the molecule is CCC(C)n1ccc(CN2CC3CCC(O)C3C2)n1. The third-order valence-corrected chi connectivity index (χ3v) is 4.99. The van der Waals surface area contributed by atoms with Gasteiger partial charge in [0.25, 0.3) is 0 Å². The highest BCUT2D eigenvalue weighted by Gasteiger charge is 2.41. The fourth-order valence-electron chi connectivity index (χ4n) is 3.58. The zero-order valence-corrected chi connectivity index (χ0v) is 12.0. The lowest BCUT2D eigenvalue weighted by Crippen LogP contribution is -2.24. The minimum atomic E-state index is -0.0623. The summed E-state index contributed by atoms with van der Waals surface area (Å²) in [5, 5.41) is 14.6. The van der Waals surface area contributed by atoms with Crippen molar-refractivity contribution < 1.29 is 5.11 Å². The summed E-state index contributed by atoms with van der Waals surface area (Å²) in [6.45, 7) is 7.51. The van der Waals surface area contributed by atoms with Gasteiger partial charge in [0, 0.05) is 37.8 Å². The number of hydrogen-bond acceptors (Lipinski definition) is 3. The normalized spacial score (nSPS) is 32.7. The molecule has 2 aliphatic rings. The van der Waals surface area contributed by atoms with E-state index in [1.54, 1.807) is 0 Å². The molecule has 1 aromatic heterocycles. The van der Waals surface area contributed by atoms with Crippen LogP contribution in [0.2, 0.25) is 0 Å². The second-order valence-corrected chi connectivity index (χ2v) is 6.31. The fraction of sp³-hybridized carbons (Fsp3) is 0.800. The first-order chi connectivity index (χ1) is 9.17. The zero-order valence-electron chi connectivity index (χ0n) is 12.0. The highest BCUT2D eigenvalue weighted by atomic mass is 16.3. The van der Waals surface area contributed by atoms with Crippen LogP contribution in [0.25, 0.3) is 0 Å². The topological polar surface area (TPSA) is 41.3 Å². The Morgan fingerprint density at radius 1 is 1.42 bits per heavy atom. The lowest BCUT2D eigenvalue weighted by Gasteiger charge is -2.16. The molecule has 1 aromatic rings. The van der Waals surface area contributed by atoms with Crippen LogP contribution in [-0.4, -0.2) is 39.0 Å². The summed E-state index contributed by atoms with van der Waals surface area (Å²) in [5.74, 6) is 1.23. The number of nitrogens with zero attached hydrogens (tertiary/aromatic N) is 3. The highest BCUT2D eigenvalue weighted by molar-refractivity contribution is 5.02. The zero-order chi connectivity index (χ0) is 13.4. The molecule has 3 rings (SSSR count). The van der Waals surface area contributed by atoms with Gasteiger partial charge in [0.2, 0.25) is 0 Å². The molecule has 0 bridgehead atoms. The van der Waals surface area contributed by atoms with Gasteiger partial charge in [-0.25, -0.2) is 0 Å². The summed E-state index contributed by atoms with van der Waals surface area (Å²) in [6.07, 6.45) is 5.35. The van der Waals surface area contributed by atoms with Crippen molar-refractivity contribution in [1.82, 2.24) is 14.7 Å². The molecule has 2 heterocycles. The van der Waals surface area contributed by atoms with Crippen LogP contribution < -0.4 is 0 Å². The van der Waals surface area contributed by atoms with E-state index in [9.17, 15) is 5.11 Å². The number of aliphatic hydroxyl groups is 1. The van der Waals surface area contributed by atoms with Gasteiger partial charge in [0.15, 0.2) is 0 Å². The van der Waals surface area contributed by atoms with Crippen molar-refractivity contribution in [3.05, 3.63) is 18.0 Å². The molecule has 0 radical (unpaired) electrons. The highest BCUT2D eigenvalue weighted by Crippen LogP contribution is 2.38. The van der Waals surface area contributed by atoms with Gasteiger partial charge in [0.05, 0.1) is 11.8 Å². The third kappa shape index (κ3) is 2.56. The molecule has 4 atom stereocenters. The largest absolute Gasteiger partial charge is 0.393 e. The van der Waals surface area contributed by atoms with Crippen molar-refractivity contribution in [3.8, 4) is 0 Å². The van der Waals surface area contributed by atoms with E-state index < -0.39 is 0 Å². The van der Waals surface area contributed by atoms with E-state index in [1.807, 2.05) is 0 Å². The van der Waals surface area contributed by atoms with E-state index in [0.717, 1.165) is 38.2 Å². The van der Waals surface area contributed by atoms with Crippen LogP contribution in [-0.2, 0) is 6.54 Å². The molecule has 1 aliphatic heterocycles. The molecule has 0 spiro atoms. The number of fused-ring (bicyclic) bond motifs is 1. The average molecular weight is 263 g/mol. The van der Waals surface area contributed by atoms with Crippen LogP contribution in [0.4, 0.5) is 0 Å². The van der Waals surface area contributed by atoms with E-state index >= 15 is 0 Å². The Balaban J connectivity index is 1.59. The molecule has 1 N–H and O–H groups in total. The fourth-order valence-corrected chi connectivity index (χ4v) is 3.58. The van der Waals surface area contributed by atoms with E-state index in [4.69, 9.17) is 0 Å². The van der Waals surface area contributed by atoms with Gasteiger partial charge in [-0.2, -0.15) is 5.10 Å². The first-order valence-electron chi connectivity index (χ1n) is 7.61. The summed E-state index contributed by atoms with van der Waals surface area (Å²) >= 11 is 0. The maximum Gasteiger partial charge on any atom is 0.0764 e. The number of rotatable bonds is 4. The van der Waals surface area contributed by atoms with Crippen molar-refractivity contribution in [2.45, 2.75) is 51.8 Å². The molecular formula is C15H25N3O. The average Bonchev–Trinajstić information content (AvgIpc) is 3.08. The smallest absolute Gasteiger partial charge is 0.0764 e. The summed E-state index contributed by atoms with van der Waals surface area (Å²) in [4.78, 5) is 2.46. The van der Waals surface area contributed by atoms with Gasteiger partial charge in [-0.15, -0.1) is 0 Å². The molecule has 4 nitrogen and oxygen atoms in total. The summed E-state index contributed by atoms with van der Waals surface area (Å²) in [5.41, 5.74) is 1.16. The number of likely N-dealkylation sites (tertiary alicyclic amines) is 1. The quantitative estimate of drug-likeness (QED) is 0.904. The van der Waals surface area contributed by atoms with Gasteiger partial charge in [0.1, 0.15) is 0 Å². The van der Waals surface area contributed by atoms with E-state index in [-0.39, 0.29) is 6.10 Å². The minimum Gasteiger partial charge on any atom is -0.393 e. The van der Waals surface area contributed by atoms with Crippen LogP contribution in [0.5, 0.6) is 0 Å². The molecule has 4 unspecified atom stereocenters. The summed E-state index contributed by atoms with van der Waals surface area (Å²) in [7, 11) is 0. The predicted octanol–water partition coefficient (Wildman–Crippen LogP) is 2.06. The maximum atomic E-state index is 9.95. The van der Waals surface area contributed by atoms with Gasteiger partial charge in [-0.3, -0.25) is 9.58 Å². The van der Waals surface area contributed by atoms with Crippen molar-refractivity contribution in [2.75, 3.05) is 13.1 Å². The molecule has 2 fully saturated rings. The van der Waals surface area contributed by atoms with Crippen LogP contribution in [0.1, 0.15) is 44.8 Å². The predicted molar refractivity (Wildman–Crippen MR) is 74.7 cm³/mol. The van der Waals surface area contributed by atoms with Crippen LogP contribution in [0, 0.1) is 11.8 Å². The van der Waals surface area contributed by atoms with Crippen LogP contribution >= 0.6 is 0 Å². The molecule has 1 aliphatic carbocycles. The van der Waals surface area contributed by atoms with Gasteiger partial charge >= 0.3 is 0 Å². The monoisotopic (exact) mass is 263 g/mol. The Kier molecular flexibility index (Phi) is 3.63. The van der Waals surface area contributed by atoms with Gasteiger partial charge in [-0.1, -0.05) is 6.92 Å². The van der Waals surface area contributed by atoms with E-state index in [1.165, 1.54) is 6.42 Å². The molecule has 1 saturated carbocycles. The Labute approximate surface area is 115 Å². The van der Waals surface area contributed by atoms with Crippen molar-refractivity contribution in [1.29, 1.82) is 0 Å². The Morgan fingerprint density at radius 2 is 2.26 bits per heavy atom. The lowest BCUT2D eigenvalue weighted by molar-refractivity contribution is 0.123. The van der Waals surface area contributed by atoms with Crippen molar-refractivity contribution in [3.63, 3.8) is 0 Å². The standard InChI is InChI=1S/C15H25N3O/c1-3-11(2)18-7-6-13(16-18)9-17-8-12-4-5-15(19)14(12)10-17/h6-7,11-12,14-15,19H,3-5,8-10H2,1-2H3. The molecule has 0 amide bonds. The number of aromatic nitrogens is 2. The van der Waals surface area contributed by atoms with Crippen molar-refractivity contribution >= 4 is 0 Å². The van der Waals surface area contributed by atoms with E-state index in [2.05, 4.69) is 40.8 Å². The first-order valence-corrected chi connectivity index (χ1v) is 7.61. The van der Waals surface area contributed by atoms with E-state index in [0.29, 0.717) is 17.9 Å². The third-order valence-electron chi connectivity index (χ3n) is 4.99. The second kappa shape index (κ2) is 5.25. The Hall–Kier alpha value is -0.870. The van der Waals surface area contributed by atoms with Crippen LogP contribution in [0.15, 0.2) is 12.3 Å². The number of aliphatic hydroxyl groups excluding tert-OH is 1. The maximum absolute atomic E-state index is 9.95. The lowest BCUT2D eigenvalue weighted by atomic mass is 10.00. The Bertz CT molecular complexity index is 431. The van der Waals surface area contributed by atoms with Crippen LogP contribution in [0.3, 0.4) is 0 Å². The minimum absolute atomic E-state index is 0.0623. The van der Waals surface area contributed by atoms with Gasteiger partial charge in [-0.05, 0) is 38.2 Å². The molecule has 0 aromatic carbocycles. The molecule has 19 heavy (non-hydrogen) atoms. The summed E-state index contributed by atoms with van der Waals surface area (Å²) < 4.78 is 2.07. The molecule has 1 saturated heterocycles.